The van der Waals surface area contributed by atoms with Crippen molar-refractivity contribution in [2.75, 3.05) is 13.2 Å². The molecular formula is C13H16N4O2. The monoisotopic (exact) mass is 260 g/mol. The van der Waals surface area contributed by atoms with Crippen molar-refractivity contribution in [3.63, 3.8) is 0 Å². The third kappa shape index (κ3) is 2.64. The normalized spacial score (nSPS) is 19.5. The fourth-order valence-electron chi connectivity index (χ4n) is 2.12. The van der Waals surface area contributed by atoms with E-state index in [0.29, 0.717) is 30.6 Å². The van der Waals surface area contributed by atoms with Gasteiger partial charge in [-0.2, -0.15) is 4.98 Å². The topological polar surface area (TPSA) is 87.1 Å². The molecule has 0 aromatic carbocycles. The summed E-state index contributed by atoms with van der Waals surface area (Å²) in [4.78, 5) is 8.68. The maximum atomic E-state index is 5.53. The number of nitrogens with two attached hydrogens (primary N) is 1. The molecule has 0 radical (unpaired) electrons. The summed E-state index contributed by atoms with van der Waals surface area (Å²) in [5, 5.41) is 4.03. The second-order valence-electron chi connectivity index (χ2n) is 4.63. The highest BCUT2D eigenvalue weighted by molar-refractivity contribution is 5.46. The second-order valence-corrected chi connectivity index (χ2v) is 4.63. The Hall–Kier alpha value is -1.79. The Morgan fingerprint density at radius 2 is 2.32 bits per heavy atom. The Morgan fingerprint density at radius 3 is 3.00 bits per heavy atom. The van der Waals surface area contributed by atoms with Crippen molar-refractivity contribution < 1.29 is 9.26 Å². The Kier molecular flexibility index (Phi) is 3.52. The maximum Gasteiger partial charge on any atom is 0.276 e. The number of nitrogens with zero attached hydrogens (tertiary/aromatic N) is 3. The summed E-state index contributed by atoms with van der Waals surface area (Å²) >= 11 is 0. The largest absolute Gasteiger partial charge is 0.381 e. The van der Waals surface area contributed by atoms with E-state index < -0.39 is 0 Å². The predicted molar refractivity (Wildman–Crippen MR) is 68.2 cm³/mol. The Balaban J connectivity index is 1.79. The van der Waals surface area contributed by atoms with Crippen LogP contribution in [0.15, 0.2) is 22.9 Å². The van der Waals surface area contributed by atoms with Crippen molar-refractivity contribution in [1.29, 1.82) is 0 Å². The first kappa shape index (κ1) is 12.3. The minimum Gasteiger partial charge on any atom is -0.381 e. The third-order valence-corrected chi connectivity index (χ3v) is 3.25. The third-order valence-electron chi connectivity index (χ3n) is 3.25. The minimum atomic E-state index is 0.231. The molecule has 0 aliphatic carbocycles. The standard InChI is InChI=1S/C13H16N4O2/c14-6-9-3-4-11(15-7-9)13-16-12(17-19-13)10-2-1-5-18-8-10/h3-4,7,10H,1-2,5-6,8,14H2. The van der Waals surface area contributed by atoms with Gasteiger partial charge in [0.1, 0.15) is 5.69 Å². The van der Waals surface area contributed by atoms with E-state index in [-0.39, 0.29) is 5.92 Å². The van der Waals surface area contributed by atoms with Crippen LogP contribution in [0.3, 0.4) is 0 Å². The number of rotatable bonds is 3. The van der Waals surface area contributed by atoms with E-state index >= 15 is 0 Å². The van der Waals surface area contributed by atoms with Gasteiger partial charge in [0, 0.05) is 25.3 Å². The van der Waals surface area contributed by atoms with Gasteiger partial charge in [0.05, 0.1) is 6.61 Å². The van der Waals surface area contributed by atoms with Gasteiger partial charge in [0.2, 0.25) is 0 Å². The predicted octanol–water partition coefficient (Wildman–Crippen LogP) is 1.48. The molecule has 2 N–H and O–H groups in total. The number of hydrogen-bond donors (Lipinski definition) is 1. The molecule has 6 heteroatoms. The summed E-state index contributed by atoms with van der Waals surface area (Å²) in [6.45, 7) is 1.96. The van der Waals surface area contributed by atoms with E-state index in [0.717, 1.165) is 25.0 Å². The van der Waals surface area contributed by atoms with Crippen LogP contribution in [0.2, 0.25) is 0 Å². The lowest BCUT2D eigenvalue weighted by Gasteiger charge is -2.18. The van der Waals surface area contributed by atoms with Crippen LogP contribution in [0.4, 0.5) is 0 Å². The van der Waals surface area contributed by atoms with Crippen LogP contribution in [0, 0.1) is 0 Å². The zero-order valence-corrected chi connectivity index (χ0v) is 10.6. The Bertz CT molecular complexity index is 532. The highest BCUT2D eigenvalue weighted by Crippen LogP contribution is 2.25. The molecule has 1 aliphatic rings. The molecule has 0 bridgehead atoms. The summed E-state index contributed by atoms with van der Waals surface area (Å²) in [6, 6.07) is 3.76. The molecular weight excluding hydrogens is 244 g/mol. The molecule has 2 aromatic rings. The summed E-state index contributed by atoms with van der Waals surface area (Å²) in [5.74, 6) is 1.39. The average Bonchev–Trinajstić information content (AvgIpc) is 2.98. The van der Waals surface area contributed by atoms with Gasteiger partial charge in [-0.05, 0) is 24.5 Å². The lowest BCUT2D eigenvalue weighted by Crippen LogP contribution is -2.16. The van der Waals surface area contributed by atoms with Crippen LogP contribution in [0.25, 0.3) is 11.6 Å². The van der Waals surface area contributed by atoms with Gasteiger partial charge in [-0.25, -0.2) is 0 Å². The van der Waals surface area contributed by atoms with Crippen LogP contribution >= 0.6 is 0 Å². The van der Waals surface area contributed by atoms with Gasteiger partial charge >= 0.3 is 0 Å². The van der Waals surface area contributed by atoms with Crippen molar-refractivity contribution >= 4 is 0 Å². The molecule has 1 fully saturated rings. The maximum absolute atomic E-state index is 5.53. The number of aromatic nitrogens is 3. The molecule has 2 aromatic heterocycles. The van der Waals surface area contributed by atoms with E-state index in [2.05, 4.69) is 15.1 Å². The van der Waals surface area contributed by atoms with Crippen molar-refractivity contribution in [3.05, 3.63) is 29.7 Å². The van der Waals surface area contributed by atoms with Gasteiger partial charge in [-0.1, -0.05) is 11.2 Å². The molecule has 1 aliphatic heterocycles. The summed E-state index contributed by atoms with van der Waals surface area (Å²) in [6.07, 6.45) is 3.80. The van der Waals surface area contributed by atoms with Crippen molar-refractivity contribution in [2.45, 2.75) is 25.3 Å². The average molecular weight is 260 g/mol. The van der Waals surface area contributed by atoms with Crippen LogP contribution in [-0.4, -0.2) is 28.3 Å². The van der Waals surface area contributed by atoms with Gasteiger partial charge in [0.15, 0.2) is 5.82 Å². The zero-order valence-electron chi connectivity index (χ0n) is 10.6. The fraction of sp³-hybridized carbons (Fsp3) is 0.462. The fourth-order valence-corrected chi connectivity index (χ4v) is 2.12. The first-order valence-corrected chi connectivity index (χ1v) is 6.43. The molecule has 100 valence electrons. The van der Waals surface area contributed by atoms with Crippen molar-refractivity contribution in [1.82, 2.24) is 15.1 Å². The zero-order chi connectivity index (χ0) is 13.1. The SMILES string of the molecule is NCc1ccc(-c2nc(C3CCCOC3)no2)nc1. The van der Waals surface area contributed by atoms with Gasteiger partial charge < -0.3 is 15.0 Å². The summed E-state index contributed by atoms with van der Waals surface area (Å²) in [7, 11) is 0. The molecule has 0 saturated carbocycles. The molecule has 3 heterocycles. The first-order chi connectivity index (χ1) is 9.36. The smallest absolute Gasteiger partial charge is 0.276 e. The van der Waals surface area contributed by atoms with Crippen LogP contribution in [-0.2, 0) is 11.3 Å². The van der Waals surface area contributed by atoms with Crippen LogP contribution in [0.1, 0.15) is 30.1 Å². The minimum absolute atomic E-state index is 0.231. The van der Waals surface area contributed by atoms with Gasteiger partial charge in [0.25, 0.3) is 5.89 Å². The first-order valence-electron chi connectivity index (χ1n) is 6.43. The van der Waals surface area contributed by atoms with Gasteiger partial charge in [-0.15, -0.1) is 0 Å². The summed E-state index contributed by atoms with van der Waals surface area (Å²) in [5.41, 5.74) is 7.18. The number of ether oxygens (including phenoxy) is 1. The molecule has 19 heavy (non-hydrogen) atoms. The number of pyridine rings is 1. The van der Waals surface area contributed by atoms with Crippen LogP contribution in [0.5, 0.6) is 0 Å². The molecule has 6 nitrogen and oxygen atoms in total. The van der Waals surface area contributed by atoms with E-state index in [9.17, 15) is 0 Å². The lowest BCUT2D eigenvalue weighted by atomic mass is 10.0. The quantitative estimate of drug-likeness (QED) is 0.899. The van der Waals surface area contributed by atoms with E-state index in [1.54, 1.807) is 6.20 Å². The summed E-state index contributed by atoms with van der Waals surface area (Å²) < 4.78 is 10.7. The van der Waals surface area contributed by atoms with Crippen molar-refractivity contribution in [2.24, 2.45) is 5.73 Å². The van der Waals surface area contributed by atoms with E-state index in [1.807, 2.05) is 12.1 Å². The molecule has 1 saturated heterocycles. The Labute approximate surface area is 111 Å². The highest BCUT2D eigenvalue weighted by atomic mass is 16.5. The second kappa shape index (κ2) is 5.46. The van der Waals surface area contributed by atoms with E-state index in [1.165, 1.54) is 0 Å². The molecule has 0 amide bonds. The molecule has 1 atom stereocenters. The Morgan fingerprint density at radius 1 is 1.37 bits per heavy atom. The van der Waals surface area contributed by atoms with E-state index in [4.69, 9.17) is 15.0 Å². The molecule has 0 spiro atoms. The van der Waals surface area contributed by atoms with Crippen LogP contribution < -0.4 is 5.73 Å². The van der Waals surface area contributed by atoms with Gasteiger partial charge in [-0.3, -0.25) is 4.98 Å². The van der Waals surface area contributed by atoms with Crippen molar-refractivity contribution in [3.8, 4) is 11.6 Å². The molecule has 3 rings (SSSR count). The lowest BCUT2D eigenvalue weighted by molar-refractivity contribution is 0.0773. The number of hydrogen-bond acceptors (Lipinski definition) is 6. The molecule has 1 unspecified atom stereocenters. The highest BCUT2D eigenvalue weighted by Gasteiger charge is 2.22.